The first-order valence-corrected chi connectivity index (χ1v) is 8.52. The molecule has 0 bridgehead atoms. The number of rotatable bonds is 5. The van der Waals surface area contributed by atoms with Crippen molar-refractivity contribution < 1.29 is 27.1 Å². The highest BCUT2D eigenvalue weighted by Crippen LogP contribution is 2.31. The Balaban J connectivity index is 2.55. The fraction of sp³-hybridized carbons (Fsp3) is 0.250. The van der Waals surface area contributed by atoms with Gasteiger partial charge in [0.05, 0.1) is 14.2 Å². The second kappa shape index (κ2) is 6.86. The average Bonchev–Trinajstić information content (AvgIpc) is 2.88. The molecule has 0 saturated carbocycles. The number of aryl methyl sites for hydroxylation is 2. The Kier molecular flexibility index (Phi) is 5.04. The largest absolute Gasteiger partial charge is 0.495 e. The Morgan fingerprint density at radius 2 is 1.96 bits per heavy atom. The van der Waals surface area contributed by atoms with Crippen LogP contribution in [0.25, 0.3) is 0 Å². The van der Waals surface area contributed by atoms with E-state index in [1.54, 1.807) is 19.1 Å². The van der Waals surface area contributed by atoms with Gasteiger partial charge in [0.2, 0.25) is 5.88 Å². The van der Waals surface area contributed by atoms with Crippen molar-refractivity contribution in [1.29, 1.82) is 5.26 Å². The highest BCUT2D eigenvalue weighted by molar-refractivity contribution is 7.92. The number of sulfonamides is 1. The molecule has 132 valence electrons. The van der Waals surface area contributed by atoms with Gasteiger partial charge >= 0.3 is 5.97 Å². The van der Waals surface area contributed by atoms with Crippen molar-refractivity contribution >= 4 is 21.9 Å². The number of carbonyl (C=O) groups excluding carboxylic acids is 1. The summed E-state index contributed by atoms with van der Waals surface area (Å²) < 4.78 is 42.5. The van der Waals surface area contributed by atoms with Crippen LogP contribution in [0, 0.1) is 25.2 Å². The smallest absolute Gasteiger partial charge is 0.342 e. The lowest BCUT2D eigenvalue weighted by atomic mass is 10.1. The fourth-order valence-corrected chi connectivity index (χ4v) is 3.50. The van der Waals surface area contributed by atoms with Crippen molar-refractivity contribution in [3.63, 3.8) is 0 Å². The molecule has 2 rings (SSSR count). The van der Waals surface area contributed by atoms with Gasteiger partial charge in [-0.2, -0.15) is 5.26 Å². The molecular formula is C16H16N2O6S. The number of methoxy groups -OCH3 is 2. The molecule has 0 amide bonds. The number of esters is 1. The van der Waals surface area contributed by atoms with Crippen LogP contribution in [0.1, 0.15) is 27.2 Å². The third-order valence-electron chi connectivity index (χ3n) is 3.42. The number of hydrogen-bond acceptors (Lipinski definition) is 7. The number of nitrogens with zero attached hydrogens (tertiary/aromatic N) is 1. The number of nitrogens with one attached hydrogen (secondary N) is 1. The first-order chi connectivity index (χ1) is 11.7. The highest BCUT2D eigenvalue weighted by Gasteiger charge is 2.28. The molecule has 2 aromatic rings. The number of benzene rings is 1. The minimum Gasteiger partial charge on any atom is -0.495 e. The summed E-state index contributed by atoms with van der Waals surface area (Å²) in [6, 6.07) is 6.40. The summed E-state index contributed by atoms with van der Waals surface area (Å²) in [6.07, 6.45) is 0. The van der Waals surface area contributed by atoms with Crippen molar-refractivity contribution in [3.05, 3.63) is 40.6 Å². The van der Waals surface area contributed by atoms with E-state index in [0.29, 0.717) is 5.56 Å². The van der Waals surface area contributed by atoms with E-state index in [1.807, 2.05) is 0 Å². The van der Waals surface area contributed by atoms with E-state index in [2.05, 4.69) is 9.46 Å². The van der Waals surface area contributed by atoms with Crippen LogP contribution in [0.3, 0.4) is 0 Å². The topological polar surface area (TPSA) is 119 Å². The Bertz CT molecular complexity index is 969. The third-order valence-corrected chi connectivity index (χ3v) is 4.77. The van der Waals surface area contributed by atoms with Crippen molar-refractivity contribution in [1.82, 2.24) is 0 Å². The van der Waals surface area contributed by atoms with Crippen molar-refractivity contribution in [3.8, 4) is 11.8 Å². The second-order valence-electron chi connectivity index (χ2n) is 5.10. The van der Waals surface area contributed by atoms with Crippen LogP contribution in [0.2, 0.25) is 0 Å². The fourth-order valence-electron chi connectivity index (χ4n) is 2.24. The molecule has 0 atom stereocenters. The molecule has 0 saturated heterocycles. The van der Waals surface area contributed by atoms with E-state index in [9.17, 15) is 18.5 Å². The minimum atomic E-state index is -4.12. The number of anilines is 1. The first kappa shape index (κ1) is 18.4. The van der Waals surface area contributed by atoms with E-state index < -0.39 is 16.0 Å². The molecule has 0 fully saturated rings. The molecular weight excluding hydrogens is 348 g/mol. The predicted molar refractivity (Wildman–Crippen MR) is 88.0 cm³/mol. The van der Waals surface area contributed by atoms with Crippen LogP contribution in [-0.2, 0) is 14.8 Å². The quantitative estimate of drug-likeness (QED) is 0.809. The van der Waals surface area contributed by atoms with Crippen LogP contribution in [-0.4, -0.2) is 28.6 Å². The molecule has 0 aliphatic carbocycles. The van der Waals surface area contributed by atoms with E-state index in [1.165, 1.54) is 26.2 Å². The second-order valence-corrected chi connectivity index (χ2v) is 6.75. The van der Waals surface area contributed by atoms with Crippen LogP contribution in [0.5, 0.6) is 5.75 Å². The molecule has 8 nitrogen and oxygen atoms in total. The third kappa shape index (κ3) is 3.44. The minimum absolute atomic E-state index is 0.0670. The van der Waals surface area contributed by atoms with Gasteiger partial charge in [0.25, 0.3) is 10.0 Å². The molecule has 1 aromatic carbocycles. The van der Waals surface area contributed by atoms with Crippen LogP contribution in [0.15, 0.2) is 27.5 Å². The van der Waals surface area contributed by atoms with Gasteiger partial charge in [0.15, 0.2) is 0 Å². The molecule has 0 aliphatic rings. The Morgan fingerprint density at radius 1 is 1.28 bits per heavy atom. The van der Waals surface area contributed by atoms with Gasteiger partial charge in [-0.1, -0.05) is 6.07 Å². The van der Waals surface area contributed by atoms with Crippen molar-refractivity contribution in [2.45, 2.75) is 18.7 Å². The lowest BCUT2D eigenvalue weighted by molar-refractivity contribution is 0.0598. The van der Waals surface area contributed by atoms with E-state index in [-0.39, 0.29) is 33.4 Å². The molecule has 0 spiro atoms. The van der Waals surface area contributed by atoms with Gasteiger partial charge in [-0.15, -0.1) is 0 Å². The van der Waals surface area contributed by atoms with Crippen LogP contribution in [0.4, 0.5) is 5.88 Å². The summed E-state index contributed by atoms with van der Waals surface area (Å²) in [5.74, 6) is -0.953. The zero-order valence-electron chi connectivity index (χ0n) is 14.0. The first-order valence-electron chi connectivity index (χ1n) is 7.04. The van der Waals surface area contributed by atoms with E-state index in [4.69, 9.17) is 9.15 Å². The summed E-state index contributed by atoms with van der Waals surface area (Å²) >= 11 is 0. The van der Waals surface area contributed by atoms with Gasteiger partial charge in [-0.25, -0.2) is 17.9 Å². The summed E-state index contributed by atoms with van der Waals surface area (Å²) in [7, 11) is -1.62. The molecule has 25 heavy (non-hydrogen) atoms. The molecule has 0 radical (unpaired) electrons. The van der Waals surface area contributed by atoms with Gasteiger partial charge < -0.3 is 13.9 Å². The summed E-state index contributed by atoms with van der Waals surface area (Å²) in [5, 5.41) is 9.29. The Morgan fingerprint density at radius 3 is 2.52 bits per heavy atom. The number of hydrogen-bond donors (Lipinski definition) is 1. The molecule has 9 heteroatoms. The lowest BCUT2D eigenvalue weighted by Crippen LogP contribution is -2.15. The van der Waals surface area contributed by atoms with E-state index >= 15 is 0 Å². The van der Waals surface area contributed by atoms with Gasteiger partial charge in [0, 0.05) is 0 Å². The zero-order chi connectivity index (χ0) is 18.8. The standard InChI is InChI=1S/C16H16N2O6S/c1-9-5-6-12(22-3)13(7-9)25(20,21)18-15-11(8-17)14(10(2)24-15)16(19)23-4/h5-7,18H,1-4H3. The van der Waals surface area contributed by atoms with Gasteiger partial charge in [-0.3, -0.25) is 0 Å². The van der Waals surface area contributed by atoms with Crippen molar-refractivity contribution in [2.24, 2.45) is 0 Å². The molecule has 0 aliphatic heterocycles. The van der Waals surface area contributed by atoms with Crippen molar-refractivity contribution in [2.75, 3.05) is 18.9 Å². The van der Waals surface area contributed by atoms with Gasteiger partial charge in [0.1, 0.15) is 33.6 Å². The monoisotopic (exact) mass is 364 g/mol. The predicted octanol–water partition coefficient (Wildman–Crippen LogP) is 2.36. The molecule has 0 unspecified atom stereocenters. The van der Waals surface area contributed by atoms with Crippen LogP contribution < -0.4 is 9.46 Å². The maximum Gasteiger partial charge on any atom is 0.342 e. The number of ether oxygens (including phenoxy) is 2. The molecule has 1 aromatic heterocycles. The lowest BCUT2D eigenvalue weighted by Gasteiger charge is -2.11. The Labute approximate surface area is 145 Å². The maximum absolute atomic E-state index is 12.7. The molecule has 1 N–H and O–H groups in total. The number of nitriles is 1. The number of carbonyl (C=O) groups is 1. The summed E-state index contributed by atoms with van der Waals surface area (Å²) in [5.41, 5.74) is 0.325. The zero-order valence-corrected chi connectivity index (χ0v) is 14.9. The number of furan rings is 1. The SMILES string of the molecule is COC(=O)c1c(C)oc(NS(=O)(=O)c2cc(C)ccc2OC)c1C#N. The summed E-state index contributed by atoms with van der Waals surface area (Å²) in [6.45, 7) is 3.16. The summed E-state index contributed by atoms with van der Waals surface area (Å²) in [4.78, 5) is 11.7. The molecule has 1 heterocycles. The highest BCUT2D eigenvalue weighted by atomic mass is 32.2. The average molecular weight is 364 g/mol. The van der Waals surface area contributed by atoms with E-state index in [0.717, 1.165) is 7.11 Å². The van der Waals surface area contributed by atoms with Crippen LogP contribution >= 0.6 is 0 Å². The normalized spacial score (nSPS) is 10.8. The van der Waals surface area contributed by atoms with Gasteiger partial charge in [-0.05, 0) is 31.5 Å². The Hall–Kier alpha value is -2.99. The maximum atomic E-state index is 12.7.